The van der Waals surface area contributed by atoms with Gasteiger partial charge in [-0.3, -0.25) is 74.1 Å². The number of carbonyl (C=O) groups is 6. The molecule has 672 valence electrons. The van der Waals surface area contributed by atoms with E-state index in [0.29, 0.717) is 45.3 Å². The molecule has 10 aliphatic heterocycles. The number of nitrogens with zero attached hydrogens (tertiary/aromatic N) is 8. The number of pyridine rings is 2. The average molecular weight is 1860 g/mol. The number of halogens is 4. The van der Waals surface area contributed by atoms with Crippen LogP contribution < -0.4 is 42.5 Å². The van der Waals surface area contributed by atoms with Crippen molar-refractivity contribution in [2.24, 2.45) is 0 Å². The first-order chi connectivity index (χ1) is 55.9. The highest BCUT2D eigenvalue weighted by Gasteiger charge is 2.65. The van der Waals surface area contributed by atoms with Crippen molar-refractivity contribution in [3.8, 4) is 0 Å². The maximum absolute atomic E-state index is 13.2. The molecule has 0 saturated carbocycles. The van der Waals surface area contributed by atoms with E-state index < -0.39 is 172 Å². The number of rotatable bonds is 20. The molecule has 2 amide bonds. The fraction of sp³-hybridized carbons (Fsp3) is 0.634. The SMILES string of the molecule is C.C=C1NC(=O)C=CN1[C@@H]1O[C@@H]2CO[P@@](=O)(N[C@H](C)C(=O)OC(C)C)O[C@H]2[C@@]1(C)Cl.C=C1NC(=O)C=CN1[C@@H]1O[C@@H]2CO[P@](=O)(N[C@H](C)C(=O)OC(C)C)O[C@H]2[C@@]1(C)Cl.CC(C)OC(=O)[C@@H](C)N[P@@]1(=O)OC[C@H]2O[C@@H](n3cnc4c(N)ccnc43)[C@](C)(Cl)[C@@H]2O1.CC(C)OC(=O)[C@@H](C)N[P@]1(=O)OC[C@H]2O[C@@H](n3cnc4c(N)ccnc43)[C@](C)(Cl)[C@@H]2O1. The number of imidazole rings is 2. The first-order valence-corrected chi connectivity index (χ1v) is 45.7. The van der Waals surface area contributed by atoms with E-state index in [1.54, 1.807) is 139 Å². The lowest BCUT2D eigenvalue weighted by Gasteiger charge is -2.38. The molecule has 0 bridgehead atoms. The van der Waals surface area contributed by atoms with Crippen molar-refractivity contribution in [3.63, 3.8) is 0 Å². The maximum atomic E-state index is 13.2. The number of ether oxygens (including phenoxy) is 8. The zero-order valence-corrected chi connectivity index (χ0v) is 74.8. The van der Waals surface area contributed by atoms with Crippen LogP contribution in [0.4, 0.5) is 11.4 Å². The summed E-state index contributed by atoms with van der Waals surface area (Å²) >= 11 is 27.3. The zero-order valence-electron chi connectivity index (χ0n) is 68.2. The van der Waals surface area contributed by atoms with E-state index in [9.17, 15) is 47.0 Å². The van der Waals surface area contributed by atoms with E-state index >= 15 is 0 Å². The van der Waals surface area contributed by atoms with Crippen molar-refractivity contribution in [1.29, 1.82) is 0 Å². The Labute approximate surface area is 718 Å². The second-order valence-electron chi connectivity index (χ2n) is 31.1. The third-order valence-corrected chi connectivity index (χ3v) is 27.9. The Balaban J connectivity index is 0.000000169. The van der Waals surface area contributed by atoms with Crippen molar-refractivity contribution in [3.05, 3.63) is 86.5 Å². The van der Waals surface area contributed by atoms with Crippen LogP contribution in [0.3, 0.4) is 0 Å². The Morgan fingerprint density at radius 1 is 0.463 bits per heavy atom. The number of hydrogen-bond donors (Lipinski definition) is 8. The number of nitrogen functional groups attached to an aromatic ring is 2. The van der Waals surface area contributed by atoms with Gasteiger partial charge in [0.05, 0.1) is 74.9 Å². The summed E-state index contributed by atoms with van der Waals surface area (Å²) in [6.45, 7) is 34.0. The van der Waals surface area contributed by atoms with Crippen LogP contribution >= 0.6 is 77.4 Å². The quantitative estimate of drug-likeness (QED) is 0.0178. The standard InChI is InChI=1S/2C18H25ClN5O6P.2C17H25ClN3O7P.CH4/c2*1-9(2)28-16(25)10(3)23-31(26)27-7-12-14(30-31)18(4,19)17(29-12)24-8-22-13-11(20)5-6-21-15(13)24;2*1-9(2)26-15(23)10(3)20-29(24)25-8-12-14(28-29)17(5,18)16(27-12)21-7-6-13(22)19-11(21)4;/h2*5-6,8-10,12,14,17H,7H2,1-4H3,(H2,20,21)(H,23,26);2*6-7,9-10,12,14,16H,4,8H2,1-3,5H3,(H,19,22)(H,20,24);1H4/t10-,12-,14-,17-,18-,31+;10-,12-,14-,17-,18-,31-;10-,12-,14-,16-,17-,29+;10-,12-,14-,16-,17-,29-;/m1111./s1. The second-order valence-corrected chi connectivity index (χ2v) is 41.2. The lowest BCUT2D eigenvalue weighted by atomic mass is 10.0. The first kappa shape index (κ1) is 96.9. The van der Waals surface area contributed by atoms with Crippen molar-refractivity contribution in [2.75, 3.05) is 37.9 Å². The third-order valence-electron chi connectivity index (χ3n) is 19.5. The Bertz CT molecular complexity index is 4540. The van der Waals surface area contributed by atoms with E-state index in [0.717, 1.165) is 0 Å². The van der Waals surface area contributed by atoms with Crippen LogP contribution in [-0.2, 0) is 121 Å². The summed E-state index contributed by atoms with van der Waals surface area (Å²) < 4.78 is 145. The highest BCUT2D eigenvalue weighted by molar-refractivity contribution is 7.52. The van der Waals surface area contributed by atoms with Crippen molar-refractivity contribution in [1.82, 2.24) is 69.9 Å². The van der Waals surface area contributed by atoms with Crippen LogP contribution in [0.15, 0.2) is 86.5 Å². The van der Waals surface area contributed by atoms with E-state index in [1.807, 2.05) is 0 Å². The molecule has 0 unspecified atom stereocenters. The van der Waals surface area contributed by atoms with Gasteiger partial charge in [0.2, 0.25) is 0 Å². The minimum absolute atomic E-state index is 0. The van der Waals surface area contributed by atoms with Crippen molar-refractivity contribution >= 4 is 147 Å². The molecule has 4 aromatic rings. The molecule has 8 fully saturated rings. The Hall–Kier alpha value is -6.34. The Morgan fingerprint density at radius 2 is 0.711 bits per heavy atom. The number of carbonyl (C=O) groups excluding carboxylic acids is 6. The van der Waals surface area contributed by atoms with Gasteiger partial charge in [-0.1, -0.05) is 20.6 Å². The molecular formula is C71H104Cl4N16O26P4. The smallest absolute Gasteiger partial charge is 0.406 e. The Kier molecular flexibility index (Phi) is 30.2. The number of aromatic nitrogens is 6. The molecule has 0 aromatic carbocycles. The predicted molar refractivity (Wildman–Crippen MR) is 438 cm³/mol. The molecule has 50 heteroatoms. The number of esters is 4. The zero-order chi connectivity index (χ0) is 88.2. The molecule has 0 aliphatic carbocycles. The van der Waals surface area contributed by atoms with Gasteiger partial charge in [-0.25, -0.2) is 58.5 Å². The molecule has 14 heterocycles. The van der Waals surface area contributed by atoms with Crippen LogP contribution in [-0.4, -0.2) is 230 Å². The summed E-state index contributed by atoms with van der Waals surface area (Å²) in [5.41, 5.74) is 15.0. The number of nitrogens with one attached hydrogen (secondary N) is 6. The number of alkyl halides is 4. The highest BCUT2D eigenvalue weighted by Crippen LogP contribution is 2.62. The summed E-state index contributed by atoms with van der Waals surface area (Å²) in [5.74, 6) is -2.33. The first-order valence-electron chi connectivity index (χ1n) is 38.0. The molecule has 42 nitrogen and oxygen atoms in total. The van der Waals surface area contributed by atoms with Crippen LogP contribution in [0.5, 0.6) is 0 Å². The number of fused-ring (bicyclic) bond motifs is 6. The van der Waals surface area contributed by atoms with E-state index in [1.165, 1.54) is 52.2 Å². The van der Waals surface area contributed by atoms with Gasteiger partial charge < -0.3 is 69.8 Å². The predicted octanol–water partition coefficient (Wildman–Crippen LogP) is 8.52. The molecule has 121 heavy (non-hydrogen) atoms. The van der Waals surface area contributed by atoms with Gasteiger partial charge in [0.15, 0.2) is 36.2 Å². The van der Waals surface area contributed by atoms with Crippen LogP contribution in [0.2, 0.25) is 0 Å². The molecule has 8 saturated heterocycles. The van der Waals surface area contributed by atoms with Crippen LogP contribution in [0.25, 0.3) is 22.3 Å². The van der Waals surface area contributed by atoms with Gasteiger partial charge in [-0.15, -0.1) is 46.4 Å². The second kappa shape index (κ2) is 37.7. The van der Waals surface area contributed by atoms with Gasteiger partial charge in [0.1, 0.15) is 115 Å². The van der Waals surface area contributed by atoms with Gasteiger partial charge in [0.25, 0.3) is 11.8 Å². The van der Waals surface area contributed by atoms with Gasteiger partial charge >= 0.3 is 54.9 Å². The fourth-order valence-corrected chi connectivity index (χ4v) is 22.6. The maximum Gasteiger partial charge on any atom is 0.406 e. The lowest BCUT2D eigenvalue weighted by Crippen LogP contribution is -2.52. The summed E-state index contributed by atoms with van der Waals surface area (Å²) in [7, 11) is -15.4. The van der Waals surface area contributed by atoms with Gasteiger partial charge in [-0.2, -0.15) is 0 Å². The Morgan fingerprint density at radius 3 is 0.959 bits per heavy atom. The minimum Gasteiger partial charge on any atom is -0.462 e. The van der Waals surface area contributed by atoms with Crippen LogP contribution in [0, 0.1) is 0 Å². The number of nitrogens with two attached hydrogens (primary N) is 2. The highest BCUT2D eigenvalue weighted by atomic mass is 35.5. The van der Waals surface area contributed by atoms with Crippen molar-refractivity contribution < 1.29 is 121 Å². The molecule has 0 spiro atoms. The van der Waals surface area contributed by atoms with Gasteiger partial charge in [-0.05, 0) is 123 Å². The largest absolute Gasteiger partial charge is 0.462 e. The summed E-state index contributed by atoms with van der Waals surface area (Å²) in [5, 5.41) is 15.5. The summed E-state index contributed by atoms with van der Waals surface area (Å²) in [4.78, 5) is 86.9. The molecule has 4 aromatic heterocycles. The third kappa shape index (κ3) is 21.3. The molecule has 24 atom stereocenters. The molecule has 10 aliphatic rings. The lowest BCUT2D eigenvalue weighted by molar-refractivity contribution is -0.150. The molecule has 14 rings (SSSR count). The normalized spacial score (nSPS) is 35.7. The topological polar surface area (TPSA) is 510 Å². The molecule has 10 N–H and O–H groups in total. The molecular weight excluding hydrogens is 1760 g/mol. The summed E-state index contributed by atoms with van der Waals surface area (Å²) in [6, 6.07) is -0.347. The average Bonchev–Trinajstić information content (AvgIpc) is 1.64. The summed E-state index contributed by atoms with van der Waals surface area (Å²) in [6.07, 6.45) is 2.03. The number of hydrogen-bond acceptors (Lipinski definition) is 34. The van der Waals surface area contributed by atoms with E-state index in [-0.39, 0.29) is 70.1 Å². The number of amides is 2. The van der Waals surface area contributed by atoms with E-state index in [2.05, 4.69) is 64.1 Å². The van der Waals surface area contributed by atoms with E-state index in [4.69, 9.17) is 132 Å². The monoisotopic (exact) mass is 1860 g/mol. The fourth-order valence-electron chi connectivity index (χ4n) is 13.9. The van der Waals surface area contributed by atoms with Crippen LogP contribution in [0.1, 0.15) is 131 Å². The van der Waals surface area contributed by atoms with Gasteiger partial charge in [0, 0.05) is 36.9 Å². The van der Waals surface area contributed by atoms with Crippen molar-refractivity contribution in [2.45, 2.75) is 260 Å². The molecule has 0 radical (unpaired) electrons. The number of anilines is 2. The minimum atomic E-state index is -3.85.